The van der Waals surface area contributed by atoms with Gasteiger partial charge in [-0.1, -0.05) is 65.2 Å². The number of nitrogens with one attached hydrogen (secondary N) is 1. The van der Waals surface area contributed by atoms with Gasteiger partial charge in [0.1, 0.15) is 12.1 Å². The molecule has 0 bridgehead atoms. The smallest absolute Gasteiger partial charge is 0.324 e. The van der Waals surface area contributed by atoms with E-state index in [0.717, 1.165) is 22.4 Å². The minimum atomic E-state index is -4.33. The van der Waals surface area contributed by atoms with Crippen LogP contribution in [0.25, 0.3) is 0 Å². The minimum absolute atomic E-state index is 0.147. The second-order valence-electron chi connectivity index (χ2n) is 10.3. The van der Waals surface area contributed by atoms with Crippen LogP contribution in [-0.2, 0) is 9.59 Å². The van der Waals surface area contributed by atoms with Gasteiger partial charge in [0.05, 0.1) is 0 Å². The molecule has 3 rings (SSSR count). The highest BCUT2D eigenvalue weighted by atomic mass is 19.4. The first-order valence-electron chi connectivity index (χ1n) is 12.5. The Bertz CT molecular complexity index is 927. The summed E-state index contributed by atoms with van der Waals surface area (Å²) in [5, 5.41) is 2.93. The number of carbonyl (C=O) groups excluding carboxylic acids is 3. The maximum atomic E-state index is 13.5. The number of alkyl halides is 3. The van der Waals surface area contributed by atoms with Crippen molar-refractivity contribution in [3.63, 3.8) is 0 Å². The molecule has 194 valence electrons. The third-order valence-corrected chi connectivity index (χ3v) is 7.08. The molecule has 1 aliphatic heterocycles. The molecule has 1 aliphatic carbocycles. The third-order valence-electron chi connectivity index (χ3n) is 7.08. The number of imide groups is 1. The largest absolute Gasteiger partial charge is 0.389 e. The number of urea groups is 1. The lowest BCUT2D eigenvalue weighted by atomic mass is 9.80. The lowest BCUT2D eigenvalue weighted by molar-refractivity contribution is -0.138. The number of amides is 4. The normalized spacial score (nSPS) is 18.3. The van der Waals surface area contributed by atoms with Crippen LogP contribution in [0.5, 0.6) is 0 Å². The van der Waals surface area contributed by atoms with Crippen LogP contribution >= 0.6 is 0 Å². The van der Waals surface area contributed by atoms with E-state index in [1.807, 2.05) is 45.9 Å². The van der Waals surface area contributed by atoms with Gasteiger partial charge in [-0.05, 0) is 42.2 Å². The molecular weight excluding hydrogens is 459 g/mol. The van der Waals surface area contributed by atoms with Gasteiger partial charge in [-0.2, -0.15) is 13.2 Å². The number of hydrogen-bond donors (Lipinski definition) is 1. The molecule has 35 heavy (non-hydrogen) atoms. The number of benzene rings is 1. The molecule has 1 spiro atoms. The van der Waals surface area contributed by atoms with Crippen molar-refractivity contribution in [2.75, 3.05) is 18.4 Å². The zero-order valence-corrected chi connectivity index (χ0v) is 21.0. The highest BCUT2D eigenvalue weighted by molar-refractivity contribution is 6.10. The number of rotatable bonds is 8. The van der Waals surface area contributed by atoms with Crippen LogP contribution < -0.4 is 5.32 Å². The Labute approximate surface area is 205 Å². The summed E-state index contributed by atoms with van der Waals surface area (Å²) < 4.78 is 38.2. The van der Waals surface area contributed by atoms with E-state index < -0.39 is 42.5 Å². The maximum Gasteiger partial charge on any atom is 0.389 e. The first-order valence-corrected chi connectivity index (χ1v) is 12.5. The van der Waals surface area contributed by atoms with E-state index >= 15 is 0 Å². The minimum Gasteiger partial charge on any atom is -0.324 e. The molecule has 1 saturated carbocycles. The van der Waals surface area contributed by atoms with E-state index in [1.54, 1.807) is 0 Å². The number of para-hydroxylation sites is 1. The quantitative estimate of drug-likeness (QED) is 0.438. The summed E-state index contributed by atoms with van der Waals surface area (Å²) in [5.41, 5.74) is 1.47. The average Bonchev–Trinajstić information content (AvgIpc) is 2.95. The molecular formula is C26H36F3N3O3. The van der Waals surface area contributed by atoms with E-state index in [9.17, 15) is 27.6 Å². The van der Waals surface area contributed by atoms with E-state index in [4.69, 9.17) is 0 Å². The zero-order valence-electron chi connectivity index (χ0n) is 21.0. The monoisotopic (exact) mass is 495 g/mol. The van der Waals surface area contributed by atoms with Gasteiger partial charge in [-0.3, -0.25) is 14.5 Å². The van der Waals surface area contributed by atoms with Crippen molar-refractivity contribution in [2.45, 2.75) is 96.2 Å². The summed E-state index contributed by atoms with van der Waals surface area (Å²) in [7, 11) is 0. The standard InChI is InChI=1S/C26H36F3N3O3/c1-17(2)19-10-8-11-20(18(3)4)22(19)30-21(33)16-31-23(34)25(12-6-5-7-13-25)32(24(31)35)15-9-14-26(27,28)29/h8,10-11,17-18H,5-7,9,12-16H2,1-4H3,(H,30,33). The Morgan fingerprint density at radius 3 is 2.11 bits per heavy atom. The van der Waals surface area contributed by atoms with Crippen LogP contribution in [0.4, 0.5) is 23.7 Å². The topological polar surface area (TPSA) is 69.7 Å². The van der Waals surface area contributed by atoms with Crippen molar-refractivity contribution in [2.24, 2.45) is 0 Å². The molecule has 1 aromatic rings. The van der Waals surface area contributed by atoms with Crippen molar-refractivity contribution in [3.8, 4) is 0 Å². The highest BCUT2D eigenvalue weighted by Crippen LogP contribution is 2.41. The van der Waals surface area contributed by atoms with Crippen molar-refractivity contribution in [3.05, 3.63) is 29.3 Å². The van der Waals surface area contributed by atoms with Crippen LogP contribution in [0.2, 0.25) is 0 Å². The van der Waals surface area contributed by atoms with Gasteiger partial charge in [-0.25, -0.2) is 4.79 Å². The van der Waals surface area contributed by atoms with Gasteiger partial charge >= 0.3 is 12.2 Å². The molecule has 4 amide bonds. The summed E-state index contributed by atoms with van der Waals surface area (Å²) in [4.78, 5) is 42.1. The molecule has 0 radical (unpaired) electrons. The van der Waals surface area contributed by atoms with Crippen LogP contribution in [0, 0.1) is 0 Å². The van der Waals surface area contributed by atoms with Gasteiger partial charge < -0.3 is 10.2 Å². The van der Waals surface area contributed by atoms with E-state index in [0.29, 0.717) is 31.4 Å². The Kier molecular flexibility index (Phi) is 8.17. The highest BCUT2D eigenvalue weighted by Gasteiger charge is 2.57. The first-order chi connectivity index (χ1) is 16.4. The summed E-state index contributed by atoms with van der Waals surface area (Å²) in [5.74, 6) is -0.669. The number of halogens is 3. The molecule has 6 nitrogen and oxygen atoms in total. The van der Waals surface area contributed by atoms with Gasteiger partial charge in [0.25, 0.3) is 5.91 Å². The molecule has 0 atom stereocenters. The SMILES string of the molecule is CC(C)c1cccc(C(C)C)c1NC(=O)CN1C(=O)N(CCCC(F)(F)F)C2(CCCCC2)C1=O. The Balaban J connectivity index is 1.82. The second kappa shape index (κ2) is 10.6. The van der Waals surface area contributed by atoms with Crippen molar-refractivity contribution >= 4 is 23.5 Å². The maximum absolute atomic E-state index is 13.5. The van der Waals surface area contributed by atoms with Gasteiger partial charge in [0.2, 0.25) is 5.91 Å². The molecule has 0 aromatic heterocycles. The molecule has 1 aromatic carbocycles. The van der Waals surface area contributed by atoms with Gasteiger partial charge in [0, 0.05) is 18.7 Å². The van der Waals surface area contributed by atoms with E-state index in [-0.39, 0.29) is 24.8 Å². The fraction of sp³-hybridized carbons (Fsp3) is 0.654. The van der Waals surface area contributed by atoms with Gasteiger partial charge in [-0.15, -0.1) is 0 Å². The van der Waals surface area contributed by atoms with E-state index in [2.05, 4.69) is 5.32 Å². The molecule has 2 fully saturated rings. The predicted molar refractivity (Wildman–Crippen MR) is 128 cm³/mol. The number of anilines is 1. The predicted octanol–water partition coefficient (Wildman–Crippen LogP) is 6.18. The zero-order chi connectivity index (χ0) is 26.0. The number of carbonyl (C=O) groups is 3. The molecule has 9 heteroatoms. The van der Waals surface area contributed by atoms with Crippen molar-refractivity contribution in [1.29, 1.82) is 0 Å². The lowest BCUT2D eigenvalue weighted by Crippen LogP contribution is -2.51. The summed E-state index contributed by atoms with van der Waals surface area (Å²) >= 11 is 0. The lowest BCUT2D eigenvalue weighted by Gasteiger charge is -2.38. The molecule has 1 N–H and O–H groups in total. The van der Waals surface area contributed by atoms with E-state index in [1.165, 1.54) is 4.90 Å². The first kappa shape index (κ1) is 27.0. The molecule has 1 saturated heterocycles. The fourth-order valence-electron chi connectivity index (χ4n) is 5.31. The Morgan fingerprint density at radius 2 is 1.60 bits per heavy atom. The Morgan fingerprint density at radius 1 is 1.03 bits per heavy atom. The third kappa shape index (κ3) is 5.81. The van der Waals surface area contributed by atoms with Gasteiger partial charge in [0.15, 0.2) is 0 Å². The second-order valence-corrected chi connectivity index (χ2v) is 10.3. The number of nitrogens with zero attached hydrogens (tertiary/aromatic N) is 2. The van der Waals surface area contributed by atoms with Crippen LogP contribution in [0.15, 0.2) is 18.2 Å². The van der Waals surface area contributed by atoms with Crippen LogP contribution in [0.1, 0.15) is 95.6 Å². The van der Waals surface area contributed by atoms with Crippen molar-refractivity contribution in [1.82, 2.24) is 9.80 Å². The van der Waals surface area contributed by atoms with Crippen LogP contribution in [0.3, 0.4) is 0 Å². The average molecular weight is 496 g/mol. The molecule has 0 unspecified atom stereocenters. The van der Waals surface area contributed by atoms with Crippen LogP contribution in [-0.4, -0.2) is 52.5 Å². The fourth-order valence-corrected chi connectivity index (χ4v) is 5.31. The Hall–Kier alpha value is -2.58. The summed E-state index contributed by atoms with van der Waals surface area (Å²) in [6, 6.07) is 5.16. The van der Waals surface area contributed by atoms with Crippen molar-refractivity contribution < 1.29 is 27.6 Å². The summed E-state index contributed by atoms with van der Waals surface area (Å²) in [6.45, 7) is 7.47. The number of hydrogen-bond acceptors (Lipinski definition) is 3. The molecule has 2 aliphatic rings. The summed E-state index contributed by atoms with van der Waals surface area (Å²) in [6.07, 6.45) is -2.46. The molecule has 1 heterocycles.